The Morgan fingerprint density at radius 2 is 1.11 bits per heavy atom. The van der Waals surface area contributed by atoms with E-state index in [1.54, 1.807) is 62.9 Å². The fraction of sp³-hybridized carbons (Fsp3) is 0.366. The van der Waals surface area contributed by atoms with Crippen molar-refractivity contribution in [3.05, 3.63) is 86.6 Å². The van der Waals surface area contributed by atoms with E-state index in [4.69, 9.17) is 14.2 Å². The summed E-state index contributed by atoms with van der Waals surface area (Å²) in [5.41, 5.74) is 12.4. The second-order valence-corrected chi connectivity index (χ2v) is 16.5. The molecule has 0 saturated heterocycles. The minimum atomic E-state index is 0.165. The van der Waals surface area contributed by atoms with Crippen molar-refractivity contribution in [3.63, 3.8) is 0 Å². The predicted molar refractivity (Wildman–Crippen MR) is 222 cm³/mol. The lowest BCUT2D eigenvalue weighted by Gasteiger charge is -2.18. The second kappa shape index (κ2) is 16.5. The number of nitrogens with one attached hydrogen (secondary N) is 2. The lowest BCUT2D eigenvalue weighted by Crippen LogP contribution is -2.10. The van der Waals surface area contributed by atoms with Crippen LogP contribution in [-0.4, -0.2) is 53.7 Å². The Bertz CT molecular complexity index is 2280. The van der Waals surface area contributed by atoms with Crippen LogP contribution in [0.2, 0.25) is 0 Å². The zero-order valence-electron chi connectivity index (χ0n) is 31.7. The summed E-state index contributed by atoms with van der Waals surface area (Å²) in [6.07, 6.45) is 16.2. The highest BCUT2D eigenvalue weighted by Crippen LogP contribution is 2.40. The van der Waals surface area contributed by atoms with Crippen LogP contribution < -0.4 is 25.1 Å². The summed E-state index contributed by atoms with van der Waals surface area (Å²) in [6, 6.07) is 12.2. The molecule has 0 saturated carbocycles. The van der Waals surface area contributed by atoms with Gasteiger partial charge in [0.05, 0.1) is 44.5 Å². The molecular weight excluding hydrogens is 717 g/mol. The summed E-state index contributed by atoms with van der Waals surface area (Å²) in [4.78, 5) is 22.7. The Morgan fingerprint density at radius 3 is 1.57 bits per heavy atom. The van der Waals surface area contributed by atoms with Crippen molar-refractivity contribution in [2.45, 2.75) is 77.6 Å². The van der Waals surface area contributed by atoms with E-state index in [1.807, 2.05) is 18.3 Å². The first-order chi connectivity index (χ1) is 26.3. The van der Waals surface area contributed by atoms with E-state index in [0.29, 0.717) is 17.2 Å². The number of anilines is 2. The van der Waals surface area contributed by atoms with Crippen LogP contribution in [0, 0.1) is 0 Å². The first-order valence-corrected chi connectivity index (χ1v) is 19.9. The fourth-order valence-electron chi connectivity index (χ4n) is 6.93. The van der Waals surface area contributed by atoms with Gasteiger partial charge >= 0.3 is 0 Å². The number of hydrogen-bond donors (Lipinski definition) is 2. The van der Waals surface area contributed by atoms with E-state index in [-0.39, 0.29) is 5.41 Å². The number of fused-ring (bicyclic) bond motifs is 6. The summed E-state index contributed by atoms with van der Waals surface area (Å²) < 4.78 is 16.1. The van der Waals surface area contributed by atoms with Crippen LogP contribution in [0.25, 0.3) is 20.4 Å². The maximum absolute atomic E-state index is 5.39. The first kappa shape index (κ1) is 37.2. The van der Waals surface area contributed by atoms with Crippen LogP contribution in [0.15, 0.2) is 59.3 Å². The Labute approximate surface area is 323 Å². The SMILES string of the molecule is CC(C)(C)c1ccc(/C=N\Nc2ncnc3sc4c(c23)CCCC4)cc1.COc1cc(/C=N\Nc2ncnc3sc4c(c23)CCCC4)cc(OC)c1OC. The molecule has 0 amide bonds. The molecule has 4 heterocycles. The summed E-state index contributed by atoms with van der Waals surface area (Å²) in [5.74, 6) is 3.28. The first-order valence-electron chi connectivity index (χ1n) is 18.3. The van der Waals surface area contributed by atoms with Crippen LogP contribution in [0.4, 0.5) is 11.6 Å². The number of methoxy groups -OCH3 is 3. The zero-order chi connectivity index (χ0) is 37.7. The van der Waals surface area contributed by atoms with Crippen molar-refractivity contribution < 1.29 is 14.2 Å². The Balaban J connectivity index is 0.000000167. The lowest BCUT2D eigenvalue weighted by molar-refractivity contribution is 0.324. The van der Waals surface area contributed by atoms with Gasteiger partial charge in [-0.2, -0.15) is 10.2 Å². The highest BCUT2D eigenvalue weighted by Gasteiger charge is 2.21. The largest absolute Gasteiger partial charge is 0.493 e. The summed E-state index contributed by atoms with van der Waals surface area (Å²) in [6.45, 7) is 6.67. The maximum atomic E-state index is 5.39. The number of ether oxygens (including phenoxy) is 3. The third-order valence-electron chi connectivity index (χ3n) is 9.73. The third-order valence-corrected chi connectivity index (χ3v) is 12.1. The van der Waals surface area contributed by atoms with Gasteiger partial charge in [0.15, 0.2) is 23.1 Å². The van der Waals surface area contributed by atoms with Crippen molar-refractivity contribution in [2.24, 2.45) is 10.2 Å². The topological polar surface area (TPSA) is 128 Å². The molecule has 0 fully saturated rings. The number of benzene rings is 2. The molecule has 11 nitrogen and oxygen atoms in total. The molecule has 2 N–H and O–H groups in total. The Hall–Kier alpha value is -5.14. The van der Waals surface area contributed by atoms with Gasteiger partial charge in [0, 0.05) is 15.3 Å². The van der Waals surface area contributed by atoms with Crippen molar-refractivity contribution in [1.29, 1.82) is 0 Å². The van der Waals surface area contributed by atoms with Gasteiger partial charge < -0.3 is 14.2 Å². The number of aryl methyl sites for hydroxylation is 4. The molecule has 6 aromatic rings. The number of thiophene rings is 2. The van der Waals surface area contributed by atoms with E-state index in [9.17, 15) is 0 Å². The van der Waals surface area contributed by atoms with E-state index in [0.717, 1.165) is 62.5 Å². The van der Waals surface area contributed by atoms with E-state index in [1.165, 1.54) is 58.5 Å². The molecule has 4 aromatic heterocycles. The van der Waals surface area contributed by atoms with Crippen molar-refractivity contribution in [1.82, 2.24) is 19.9 Å². The molecule has 54 heavy (non-hydrogen) atoms. The summed E-state index contributed by atoms with van der Waals surface area (Å²) in [5, 5.41) is 11.1. The Kier molecular flexibility index (Phi) is 11.3. The average molecular weight is 763 g/mol. The minimum absolute atomic E-state index is 0.165. The number of hydrogen-bond acceptors (Lipinski definition) is 13. The van der Waals surface area contributed by atoms with E-state index < -0.39 is 0 Å². The molecule has 2 aliphatic carbocycles. The smallest absolute Gasteiger partial charge is 0.203 e. The average Bonchev–Trinajstić information content (AvgIpc) is 3.77. The summed E-state index contributed by atoms with van der Waals surface area (Å²) >= 11 is 3.57. The van der Waals surface area contributed by atoms with Gasteiger partial charge in [-0.05, 0) is 91.2 Å². The molecule has 0 bridgehead atoms. The standard InChI is InChI=1S/C21H24N4S.C20H22N4O3S/c1-21(2,3)15-10-8-14(9-11-15)12-24-25-19-18-16-6-4-5-7-17(16)26-20(18)23-13-22-19;1-25-14-8-12(9-15(26-2)18(14)27-3)10-23-24-19-17-13-6-4-5-7-16(13)28-20(17)22-11-21-19/h8-13H,4-7H2,1-3H3,(H,22,23,25);8-11H,4-7H2,1-3H3,(H,21,22,24)/b24-12-;23-10-. The van der Waals surface area contributed by atoms with E-state index >= 15 is 0 Å². The molecule has 0 spiro atoms. The third kappa shape index (κ3) is 8.02. The number of rotatable bonds is 9. The van der Waals surface area contributed by atoms with Gasteiger partial charge in [-0.15, -0.1) is 22.7 Å². The van der Waals surface area contributed by atoms with Crippen LogP contribution in [0.1, 0.15) is 84.0 Å². The number of hydrazone groups is 2. The van der Waals surface area contributed by atoms with Gasteiger partial charge in [-0.3, -0.25) is 10.9 Å². The number of nitrogens with zero attached hydrogens (tertiary/aromatic N) is 6. The fourth-order valence-corrected chi connectivity index (χ4v) is 9.39. The quantitative estimate of drug-likeness (QED) is 0.109. The molecule has 13 heteroatoms. The highest BCUT2D eigenvalue weighted by molar-refractivity contribution is 7.19. The minimum Gasteiger partial charge on any atom is -0.493 e. The molecule has 280 valence electrons. The predicted octanol–water partition coefficient (Wildman–Crippen LogP) is 9.36. The molecule has 0 radical (unpaired) electrons. The van der Waals surface area contributed by atoms with Gasteiger partial charge in [0.1, 0.15) is 22.3 Å². The second-order valence-electron chi connectivity index (χ2n) is 14.3. The lowest BCUT2D eigenvalue weighted by atomic mass is 9.87. The van der Waals surface area contributed by atoms with Gasteiger partial charge in [-0.25, -0.2) is 19.9 Å². The van der Waals surface area contributed by atoms with Crippen molar-refractivity contribution in [3.8, 4) is 17.2 Å². The molecule has 0 unspecified atom stereocenters. The molecule has 0 aliphatic heterocycles. The summed E-state index contributed by atoms with van der Waals surface area (Å²) in [7, 11) is 4.76. The molecular formula is C41H46N8O3S2. The van der Waals surface area contributed by atoms with Gasteiger partial charge in [-0.1, -0.05) is 45.0 Å². The van der Waals surface area contributed by atoms with Crippen molar-refractivity contribution in [2.75, 3.05) is 32.2 Å². The molecule has 2 aliphatic rings. The number of aromatic nitrogens is 4. The molecule has 2 aromatic carbocycles. The van der Waals surface area contributed by atoms with Crippen LogP contribution in [0.3, 0.4) is 0 Å². The van der Waals surface area contributed by atoms with Crippen molar-refractivity contribution >= 4 is 67.2 Å². The highest BCUT2D eigenvalue weighted by atomic mass is 32.1. The van der Waals surface area contributed by atoms with Crippen LogP contribution in [-0.2, 0) is 31.1 Å². The van der Waals surface area contributed by atoms with Gasteiger partial charge in [0.2, 0.25) is 5.75 Å². The van der Waals surface area contributed by atoms with E-state index in [2.05, 4.69) is 86.0 Å². The monoisotopic (exact) mass is 762 g/mol. The maximum Gasteiger partial charge on any atom is 0.203 e. The van der Waals surface area contributed by atoms with Crippen LogP contribution in [0.5, 0.6) is 17.2 Å². The zero-order valence-corrected chi connectivity index (χ0v) is 33.3. The molecule has 0 atom stereocenters. The Morgan fingerprint density at radius 1 is 0.630 bits per heavy atom. The normalized spacial score (nSPS) is 14.1. The molecule has 8 rings (SSSR count). The van der Waals surface area contributed by atoms with Crippen LogP contribution >= 0.6 is 22.7 Å². The van der Waals surface area contributed by atoms with Gasteiger partial charge in [0.25, 0.3) is 0 Å².